The minimum absolute atomic E-state index is 0.0616. The monoisotopic (exact) mass is 322 g/mol. The Labute approximate surface area is 136 Å². The fraction of sp³-hybridized carbons (Fsp3) is 0.706. The molecule has 2 rings (SSSR count). The van der Waals surface area contributed by atoms with Crippen molar-refractivity contribution in [3.8, 4) is 0 Å². The summed E-state index contributed by atoms with van der Waals surface area (Å²) in [7, 11) is 0. The largest absolute Gasteiger partial charge is 0.481 e. The number of hydrogen-bond donors (Lipinski definition) is 2. The number of carboxylic acid groups (broad SMARTS) is 1. The van der Waals surface area contributed by atoms with Gasteiger partial charge in [0.25, 0.3) is 5.91 Å². The van der Waals surface area contributed by atoms with Gasteiger partial charge in [0, 0.05) is 19.4 Å². The van der Waals surface area contributed by atoms with Crippen molar-refractivity contribution >= 4 is 11.9 Å². The predicted molar refractivity (Wildman–Crippen MR) is 85.3 cm³/mol. The normalized spacial score (nSPS) is 17.0. The Bertz CT molecular complexity index is 547. The number of oxazole rings is 1. The van der Waals surface area contributed by atoms with Crippen LogP contribution in [0.25, 0.3) is 0 Å². The van der Waals surface area contributed by atoms with E-state index >= 15 is 0 Å². The lowest BCUT2D eigenvalue weighted by molar-refractivity contribution is -0.137. The van der Waals surface area contributed by atoms with Crippen LogP contribution in [-0.4, -0.2) is 28.0 Å². The Morgan fingerprint density at radius 1 is 1.30 bits per heavy atom. The van der Waals surface area contributed by atoms with Crippen LogP contribution < -0.4 is 5.32 Å². The van der Waals surface area contributed by atoms with Gasteiger partial charge in [-0.2, -0.15) is 0 Å². The van der Waals surface area contributed by atoms with Crippen LogP contribution in [0.2, 0.25) is 0 Å². The highest BCUT2D eigenvalue weighted by molar-refractivity contribution is 5.92. The Morgan fingerprint density at radius 2 is 2.00 bits per heavy atom. The smallest absolute Gasteiger partial charge is 0.303 e. The van der Waals surface area contributed by atoms with Crippen LogP contribution in [0.4, 0.5) is 0 Å². The van der Waals surface area contributed by atoms with Crippen LogP contribution in [0.3, 0.4) is 0 Å². The van der Waals surface area contributed by atoms with Gasteiger partial charge in [0.05, 0.1) is 5.69 Å². The molecule has 128 valence electrons. The highest BCUT2D eigenvalue weighted by Gasteiger charge is 2.24. The van der Waals surface area contributed by atoms with E-state index in [9.17, 15) is 9.59 Å². The van der Waals surface area contributed by atoms with Gasteiger partial charge < -0.3 is 14.8 Å². The summed E-state index contributed by atoms with van der Waals surface area (Å²) >= 11 is 0. The van der Waals surface area contributed by atoms with Crippen molar-refractivity contribution < 1.29 is 19.1 Å². The number of carbonyl (C=O) groups excluding carboxylic acids is 1. The van der Waals surface area contributed by atoms with Gasteiger partial charge in [-0.05, 0) is 25.7 Å². The third-order valence-electron chi connectivity index (χ3n) is 4.49. The minimum atomic E-state index is -0.834. The molecule has 0 aromatic carbocycles. The molecule has 1 unspecified atom stereocenters. The molecule has 1 aromatic rings. The van der Waals surface area contributed by atoms with Gasteiger partial charge in [0.2, 0.25) is 5.76 Å². The third-order valence-corrected chi connectivity index (χ3v) is 4.49. The maximum absolute atomic E-state index is 12.4. The quantitative estimate of drug-likeness (QED) is 0.804. The summed E-state index contributed by atoms with van der Waals surface area (Å²) in [5.41, 5.74) is 0.564. The average Bonchev–Trinajstić information content (AvgIpc) is 2.84. The maximum Gasteiger partial charge on any atom is 0.303 e. The third kappa shape index (κ3) is 5.37. The van der Waals surface area contributed by atoms with E-state index in [0.29, 0.717) is 23.9 Å². The van der Waals surface area contributed by atoms with E-state index in [1.165, 1.54) is 32.1 Å². The standard InChI is InChI=1S/C17H26N2O4/c1-11-16(23-12(2)18-11)17(22)19-14(8-9-15(20)21)10-13-6-4-3-5-7-13/h13-14H,3-10H2,1-2H3,(H,19,22)(H,20,21). The van der Waals surface area contributed by atoms with Crippen LogP contribution in [0.1, 0.15) is 73.5 Å². The van der Waals surface area contributed by atoms with Gasteiger partial charge in [0.1, 0.15) is 0 Å². The lowest BCUT2D eigenvalue weighted by Gasteiger charge is -2.26. The molecule has 23 heavy (non-hydrogen) atoms. The van der Waals surface area contributed by atoms with Gasteiger partial charge in [-0.25, -0.2) is 4.98 Å². The van der Waals surface area contributed by atoms with E-state index in [1.807, 2.05) is 0 Å². The van der Waals surface area contributed by atoms with E-state index in [-0.39, 0.29) is 24.1 Å². The topological polar surface area (TPSA) is 92.4 Å². The van der Waals surface area contributed by atoms with Crippen molar-refractivity contribution in [1.29, 1.82) is 0 Å². The van der Waals surface area contributed by atoms with Gasteiger partial charge in [-0.1, -0.05) is 32.1 Å². The number of amides is 1. The lowest BCUT2D eigenvalue weighted by atomic mass is 9.84. The van der Waals surface area contributed by atoms with Crippen LogP contribution in [0, 0.1) is 19.8 Å². The van der Waals surface area contributed by atoms with E-state index < -0.39 is 5.97 Å². The summed E-state index contributed by atoms with van der Waals surface area (Å²) in [5, 5.41) is 11.9. The molecule has 1 fully saturated rings. The molecule has 0 radical (unpaired) electrons. The second-order valence-electron chi connectivity index (χ2n) is 6.49. The number of aryl methyl sites for hydroxylation is 2. The first-order chi connectivity index (χ1) is 11.0. The molecular formula is C17H26N2O4. The van der Waals surface area contributed by atoms with Gasteiger partial charge in [-0.15, -0.1) is 0 Å². The van der Waals surface area contributed by atoms with E-state index in [1.54, 1.807) is 13.8 Å². The molecule has 1 heterocycles. The number of rotatable bonds is 7. The molecule has 0 aliphatic heterocycles. The van der Waals surface area contributed by atoms with Crippen molar-refractivity contribution in [3.05, 3.63) is 17.3 Å². The Balaban J connectivity index is 1.98. The first kappa shape index (κ1) is 17.5. The number of aliphatic carboxylic acids is 1. The van der Waals surface area contributed by atoms with Crippen molar-refractivity contribution in [2.75, 3.05) is 0 Å². The van der Waals surface area contributed by atoms with Gasteiger partial charge >= 0.3 is 5.97 Å². The van der Waals surface area contributed by atoms with E-state index in [0.717, 1.165) is 6.42 Å². The van der Waals surface area contributed by atoms with Crippen molar-refractivity contribution in [1.82, 2.24) is 10.3 Å². The molecule has 1 amide bonds. The van der Waals surface area contributed by atoms with Crippen molar-refractivity contribution in [2.24, 2.45) is 5.92 Å². The van der Waals surface area contributed by atoms with Crippen LogP contribution >= 0.6 is 0 Å². The summed E-state index contributed by atoms with van der Waals surface area (Å²) < 4.78 is 5.35. The van der Waals surface area contributed by atoms with E-state index in [2.05, 4.69) is 10.3 Å². The number of carbonyl (C=O) groups is 2. The van der Waals surface area contributed by atoms with Gasteiger partial charge in [-0.3, -0.25) is 9.59 Å². The molecule has 6 heteroatoms. The molecular weight excluding hydrogens is 296 g/mol. The Kier molecular flexibility index (Phi) is 6.19. The second kappa shape index (κ2) is 8.13. The minimum Gasteiger partial charge on any atom is -0.481 e. The van der Waals surface area contributed by atoms with Crippen LogP contribution in [-0.2, 0) is 4.79 Å². The molecule has 0 bridgehead atoms. The fourth-order valence-corrected chi connectivity index (χ4v) is 3.36. The van der Waals surface area contributed by atoms with Gasteiger partial charge in [0.15, 0.2) is 5.89 Å². The summed E-state index contributed by atoms with van der Waals surface area (Å²) in [4.78, 5) is 27.4. The number of nitrogens with zero attached hydrogens (tertiary/aromatic N) is 1. The molecule has 1 aromatic heterocycles. The molecule has 1 saturated carbocycles. The Morgan fingerprint density at radius 3 is 2.57 bits per heavy atom. The molecule has 1 atom stereocenters. The summed E-state index contributed by atoms with van der Waals surface area (Å²) in [6, 6.07) is -0.133. The molecule has 6 nitrogen and oxygen atoms in total. The SMILES string of the molecule is Cc1nc(C)c(C(=O)NC(CCC(=O)O)CC2CCCCC2)o1. The first-order valence-corrected chi connectivity index (χ1v) is 8.42. The second-order valence-corrected chi connectivity index (χ2v) is 6.49. The average molecular weight is 322 g/mol. The zero-order valence-electron chi connectivity index (χ0n) is 13.9. The first-order valence-electron chi connectivity index (χ1n) is 8.42. The fourth-order valence-electron chi connectivity index (χ4n) is 3.36. The molecule has 1 aliphatic rings. The van der Waals surface area contributed by atoms with Crippen LogP contribution in [0.15, 0.2) is 4.42 Å². The zero-order valence-corrected chi connectivity index (χ0v) is 13.9. The highest BCUT2D eigenvalue weighted by atomic mass is 16.4. The molecule has 0 spiro atoms. The molecule has 2 N–H and O–H groups in total. The summed E-state index contributed by atoms with van der Waals surface area (Å²) in [6.07, 6.45) is 7.41. The predicted octanol–water partition coefficient (Wildman–Crippen LogP) is 3.23. The van der Waals surface area contributed by atoms with Crippen molar-refractivity contribution in [2.45, 2.75) is 71.3 Å². The zero-order chi connectivity index (χ0) is 16.8. The summed E-state index contributed by atoms with van der Waals surface area (Å²) in [6.45, 7) is 3.44. The number of aromatic nitrogens is 1. The molecule has 0 saturated heterocycles. The number of hydrogen-bond acceptors (Lipinski definition) is 4. The van der Waals surface area contributed by atoms with E-state index in [4.69, 9.17) is 9.52 Å². The maximum atomic E-state index is 12.4. The lowest BCUT2D eigenvalue weighted by Crippen LogP contribution is -2.37. The summed E-state index contributed by atoms with van der Waals surface area (Å²) in [5.74, 6) is 0.128. The van der Waals surface area contributed by atoms with Crippen molar-refractivity contribution in [3.63, 3.8) is 0 Å². The number of carboxylic acids is 1. The number of nitrogens with one attached hydrogen (secondary N) is 1. The van der Waals surface area contributed by atoms with Crippen LogP contribution in [0.5, 0.6) is 0 Å². The highest BCUT2D eigenvalue weighted by Crippen LogP contribution is 2.28. The Hall–Kier alpha value is -1.85. The molecule has 1 aliphatic carbocycles.